The van der Waals surface area contributed by atoms with Crippen molar-refractivity contribution in [2.75, 3.05) is 10.6 Å². The zero-order valence-corrected chi connectivity index (χ0v) is 16.8. The second-order valence-electron chi connectivity index (χ2n) is 6.79. The number of anilines is 2. The number of aryl methyl sites for hydroxylation is 2. The van der Waals surface area contributed by atoms with E-state index >= 15 is 0 Å². The van der Waals surface area contributed by atoms with Crippen LogP contribution in [0.1, 0.15) is 21.6 Å². The lowest BCUT2D eigenvalue weighted by atomic mass is 10.1. The minimum Gasteiger partial charge on any atom is -0.321 e. The molecular formula is C21H19N5O5. The number of nitrogens with one attached hydrogen (secondary N) is 2. The van der Waals surface area contributed by atoms with Crippen molar-refractivity contribution in [2.45, 2.75) is 20.4 Å². The molecule has 10 nitrogen and oxygen atoms in total. The number of carbonyl (C=O) groups excluding carboxylic acids is 2. The topological polar surface area (TPSA) is 136 Å². The van der Waals surface area contributed by atoms with Crippen LogP contribution in [0.15, 0.2) is 59.4 Å². The van der Waals surface area contributed by atoms with Gasteiger partial charge in [0, 0.05) is 17.8 Å². The van der Waals surface area contributed by atoms with E-state index in [0.29, 0.717) is 5.69 Å². The third kappa shape index (κ3) is 5.18. The fraction of sp³-hybridized carbons (Fsp3) is 0.143. The molecule has 0 aliphatic carbocycles. The number of hydrogen-bond acceptors (Lipinski definition) is 6. The summed E-state index contributed by atoms with van der Waals surface area (Å²) < 4.78 is 0.819. The summed E-state index contributed by atoms with van der Waals surface area (Å²) in [5.41, 5.74) is 1.71. The van der Waals surface area contributed by atoms with E-state index in [4.69, 9.17) is 0 Å². The Hall–Kier alpha value is -4.34. The summed E-state index contributed by atoms with van der Waals surface area (Å²) in [7, 11) is 0. The van der Waals surface area contributed by atoms with Crippen molar-refractivity contribution in [2.24, 2.45) is 0 Å². The van der Waals surface area contributed by atoms with E-state index in [1.54, 1.807) is 6.07 Å². The lowest BCUT2D eigenvalue weighted by Gasteiger charge is -2.10. The van der Waals surface area contributed by atoms with Crippen molar-refractivity contribution < 1.29 is 14.5 Å². The summed E-state index contributed by atoms with van der Waals surface area (Å²) in [5, 5.41) is 20.1. The van der Waals surface area contributed by atoms with Crippen LogP contribution in [0.2, 0.25) is 0 Å². The van der Waals surface area contributed by atoms with Gasteiger partial charge in [0.15, 0.2) is 0 Å². The molecule has 0 bridgehead atoms. The van der Waals surface area contributed by atoms with E-state index in [1.807, 2.05) is 26.0 Å². The minimum atomic E-state index is -0.699. The summed E-state index contributed by atoms with van der Waals surface area (Å²) >= 11 is 0. The second kappa shape index (κ2) is 8.99. The Labute approximate surface area is 176 Å². The highest BCUT2D eigenvalue weighted by Gasteiger charge is 2.16. The van der Waals surface area contributed by atoms with Crippen LogP contribution in [0, 0.1) is 24.0 Å². The van der Waals surface area contributed by atoms with Crippen molar-refractivity contribution in [3.8, 4) is 0 Å². The zero-order valence-electron chi connectivity index (χ0n) is 16.8. The summed E-state index contributed by atoms with van der Waals surface area (Å²) in [6, 6.07) is 13.4. The first-order chi connectivity index (χ1) is 14.7. The van der Waals surface area contributed by atoms with Crippen molar-refractivity contribution in [1.82, 2.24) is 9.78 Å². The normalized spacial score (nSPS) is 10.4. The van der Waals surface area contributed by atoms with Crippen LogP contribution in [-0.4, -0.2) is 26.5 Å². The van der Waals surface area contributed by atoms with E-state index in [2.05, 4.69) is 15.7 Å². The molecule has 0 fully saturated rings. The monoisotopic (exact) mass is 421 g/mol. The van der Waals surface area contributed by atoms with Gasteiger partial charge in [0.25, 0.3) is 17.2 Å². The molecule has 0 saturated heterocycles. The second-order valence-corrected chi connectivity index (χ2v) is 6.79. The van der Waals surface area contributed by atoms with E-state index in [-0.39, 0.29) is 17.1 Å². The maximum atomic E-state index is 12.5. The fourth-order valence-electron chi connectivity index (χ4n) is 2.76. The lowest BCUT2D eigenvalue weighted by Crippen LogP contribution is -2.31. The molecular weight excluding hydrogens is 402 g/mol. The molecule has 158 valence electrons. The molecule has 1 aromatic heterocycles. The third-order valence-electron chi connectivity index (χ3n) is 4.53. The van der Waals surface area contributed by atoms with Crippen LogP contribution in [0.4, 0.5) is 17.1 Å². The number of para-hydroxylation sites is 2. The Balaban J connectivity index is 1.75. The van der Waals surface area contributed by atoms with E-state index in [0.717, 1.165) is 21.9 Å². The Bertz CT molecular complexity index is 1230. The first-order valence-electron chi connectivity index (χ1n) is 9.24. The summed E-state index contributed by atoms with van der Waals surface area (Å²) in [4.78, 5) is 47.3. The maximum Gasteiger partial charge on any atom is 0.292 e. The Morgan fingerprint density at radius 3 is 2.48 bits per heavy atom. The van der Waals surface area contributed by atoms with Gasteiger partial charge in [-0.15, -0.1) is 0 Å². The predicted octanol–water partition coefficient (Wildman–Crippen LogP) is 2.66. The molecule has 0 aliphatic heterocycles. The van der Waals surface area contributed by atoms with Gasteiger partial charge in [0.2, 0.25) is 5.91 Å². The van der Waals surface area contributed by atoms with Crippen molar-refractivity contribution in [1.29, 1.82) is 0 Å². The molecule has 0 unspecified atom stereocenters. The first kappa shape index (κ1) is 21.4. The quantitative estimate of drug-likeness (QED) is 0.464. The fourth-order valence-corrected chi connectivity index (χ4v) is 2.76. The zero-order chi connectivity index (χ0) is 22.5. The van der Waals surface area contributed by atoms with E-state index < -0.39 is 28.8 Å². The molecule has 3 rings (SSSR count). The Morgan fingerprint density at radius 2 is 1.77 bits per heavy atom. The van der Waals surface area contributed by atoms with Crippen molar-refractivity contribution >= 4 is 28.9 Å². The summed E-state index contributed by atoms with van der Waals surface area (Å²) in [5.74, 6) is -1.24. The van der Waals surface area contributed by atoms with Crippen LogP contribution >= 0.6 is 0 Å². The van der Waals surface area contributed by atoms with Crippen molar-refractivity contribution in [3.63, 3.8) is 0 Å². The summed E-state index contributed by atoms with van der Waals surface area (Å²) in [6.45, 7) is 3.35. The highest BCUT2D eigenvalue weighted by Crippen LogP contribution is 2.23. The number of carbonyl (C=O) groups is 2. The SMILES string of the molecule is Cc1ccc(NC(=O)c2ccc(=O)n(CC(=O)Nc3ccccc3[N+](=O)[O-])n2)cc1C. The van der Waals surface area contributed by atoms with Gasteiger partial charge in [-0.05, 0) is 49.2 Å². The average Bonchev–Trinajstić information content (AvgIpc) is 2.72. The number of benzene rings is 2. The molecule has 0 radical (unpaired) electrons. The largest absolute Gasteiger partial charge is 0.321 e. The van der Waals surface area contributed by atoms with E-state index in [1.165, 1.54) is 30.3 Å². The lowest BCUT2D eigenvalue weighted by molar-refractivity contribution is -0.383. The van der Waals surface area contributed by atoms with Gasteiger partial charge in [0.05, 0.1) is 4.92 Å². The third-order valence-corrected chi connectivity index (χ3v) is 4.53. The van der Waals surface area contributed by atoms with Crippen molar-refractivity contribution in [3.05, 3.63) is 91.9 Å². The number of amides is 2. The van der Waals surface area contributed by atoms with Crippen LogP contribution in [0.3, 0.4) is 0 Å². The molecule has 2 amide bonds. The molecule has 10 heteroatoms. The number of hydrogen-bond donors (Lipinski definition) is 2. The molecule has 1 heterocycles. The number of nitro benzene ring substituents is 1. The van der Waals surface area contributed by atoms with E-state index in [9.17, 15) is 24.5 Å². The van der Waals surface area contributed by atoms with Gasteiger partial charge in [-0.25, -0.2) is 4.68 Å². The Kier molecular flexibility index (Phi) is 6.20. The Morgan fingerprint density at radius 1 is 1.03 bits per heavy atom. The van der Waals surface area contributed by atoms with Crippen LogP contribution < -0.4 is 16.2 Å². The van der Waals surface area contributed by atoms with Gasteiger partial charge >= 0.3 is 0 Å². The minimum absolute atomic E-state index is 0.00538. The number of nitrogens with zero attached hydrogens (tertiary/aromatic N) is 3. The smallest absolute Gasteiger partial charge is 0.292 e. The van der Waals surface area contributed by atoms with Crippen LogP contribution in [0.25, 0.3) is 0 Å². The number of nitro groups is 1. The number of aromatic nitrogens is 2. The average molecular weight is 421 g/mol. The molecule has 0 aliphatic rings. The molecule has 31 heavy (non-hydrogen) atoms. The molecule has 2 N–H and O–H groups in total. The van der Waals surface area contributed by atoms with Gasteiger partial charge in [-0.3, -0.25) is 24.5 Å². The molecule has 2 aromatic carbocycles. The van der Waals surface area contributed by atoms with Gasteiger partial charge in [-0.1, -0.05) is 18.2 Å². The highest BCUT2D eigenvalue weighted by atomic mass is 16.6. The molecule has 0 spiro atoms. The van der Waals surface area contributed by atoms with Crippen LogP contribution in [-0.2, 0) is 11.3 Å². The molecule has 0 saturated carbocycles. The van der Waals surface area contributed by atoms with Crippen LogP contribution in [0.5, 0.6) is 0 Å². The molecule has 3 aromatic rings. The number of rotatable bonds is 6. The predicted molar refractivity (Wildman–Crippen MR) is 114 cm³/mol. The first-order valence-corrected chi connectivity index (χ1v) is 9.24. The summed E-state index contributed by atoms with van der Waals surface area (Å²) in [6.07, 6.45) is 0. The van der Waals surface area contributed by atoms with Gasteiger partial charge in [0.1, 0.15) is 17.9 Å². The standard InChI is InChI=1S/C21H19N5O5/c1-13-7-8-15(11-14(13)2)22-21(29)17-9-10-20(28)25(24-17)12-19(27)23-16-5-3-4-6-18(16)26(30)31/h3-11H,12H2,1-2H3,(H,22,29)(H,23,27). The van der Waals surface area contributed by atoms with Gasteiger partial charge in [-0.2, -0.15) is 5.10 Å². The van der Waals surface area contributed by atoms with Gasteiger partial charge < -0.3 is 10.6 Å². The maximum absolute atomic E-state index is 12.5. The molecule has 0 atom stereocenters. The highest BCUT2D eigenvalue weighted by molar-refractivity contribution is 6.02.